The minimum atomic E-state index is 0.139. The number of ketones is 1. The summed E-state index contributed by atoms with van der Waals surface area (Å²) in [7, 11) is 1.82. The molecule has 120 valence electrons. The van der Waals surface area contributed by atoms with Crippen molar-refractivity contribution in [3.63, 3.8) is 0 Å². The lowest BCUT2D eigenvalue weighted by atomic mass is 10.0. The van der Waals surface area contributed by atoms with E-state index in [9.17, 15) is 9.59 Å². The second kappa shape index (κ2) is 17.8. The number of amides is 1. The van der Waals surface area contributed by atoms with E-state index in [4.69, 9.17) is 4.79 Å². The fourth-order valence-corrected chi connectivity index (χ4v) is 1.33. The fourth-order valence-electron chi connectivity index (χ4n) is 1.33. The van der Waals surface area contributed by atoms with Gasteiger partial charge in [0.1, 0.15) is 12.1 Å². The maximum absolute atomic E-state index is 11.3. The molecule has 0 heterocycles. The zero-order chi connectivity index (χ0) is 16.6. The molecule has 0 aromatic carbocycles. The molecule has 0 saturated carbocycles. The number of unbranched alkanes of at least 4 members (excludes halogenated alkanes) is 1. The van der Waals surface area contributed by atoms with Gasteiger partial charge in [-0.1, -0.05) is 34.6 Å². The fraction of sp³-hybridized carbons (Fsp3) is 0.812. The van der Waals surface area contributed by atoms with Gasteiger partial charge in [-0.05, 0) is 19.8 Å². The van der Waals surface area contributed by atoms with E-state index in [0.717, 1.165) is 25.7 Å². The molecule has 0 aliphatic rings. The molecule has 0 N–H and O–H groups in total. The van der Waals surface area contributed by atoms with Crippen LogP contribution < -0.4 is 0 Å². The predicted octanol–water partition coefficient (Wildman–Crippen LogP) is 3.48. The standard InChI is InChI=1S/C12H23NO2.C2H4O.C2H6/c1-5-12(15)13(4)9-7-6-8-11(14)10(2)3;1-2-3;1-2/h10H,5-9H2,1-4H3;2H,1H3;1-2H3. The predicted molar refractivity (Wildman–Crippen MR) is 84.7 cm³/mol. The van der Waals surface area contributed by atoms with E-state index in [1.165, 1.54) is 6.92 Å². The molecule has 0 saturated heterocycles. The van der Waals surface area contributed by atoms with Crippen molar-refractivity contribution in [2.45, 2.75) is 67.2 Å². The van der Waals surface area contributed by atoms with E-state index in [0.29, 0.717) is 18.6 Å². The first-order chi connectivity index (χ1) is 9.40. The van der Waals surface area contributed by atoms with E-state index in [1.54, 1.807) is 4.90 Å². The van der Waals surface area contributed by atoms with E-state index < -0.39 is 0 Å². The molecular formula is C16H33NO3. The topological polar surface area (TPSA) is 54.5 Å². The quantitative estimate of drug-likeness (QED) is 0.532. The van der Waals surface area contributed by atoms with E-state index in [2.05, 4.69) is 0 Å². The van der Waals surface area contributed by atoms with Crippen LogP contribution in [-0.2, 0) is 14.4 Å². The first kappa shape index (κ1) is 23.9. The molecule has 4 nitrogen and oxygen atoms in total. The van der Waals surface area contributed by atoms with Crippen LogP contribution >= 0.6 is 0 Å². The minimum absolute atomic E-state index is 0.139. The number of hydrogen-bond acceptors (Lipinski definition) is 3. The van der Waals surface area contributed by atoms with Crippen LogP contribution in [0.2, 0.25) is 0 Å². The Labute approximate surface area is 124 Å². The summed E-state index contributed by atoms with van der Waals surface area (Å²) in [6.45, 7) is 11.9. The zero-order valence-corrected chi connectivity index (χ0v) is 14.4. The Kier molecular flexibility index (Phi) is 21.3. The van der Waals surface area contributed by atoms with Gasteiger partial charge in [-0.3, -0.25) is 9.59 Å². The molecule has 0 aliphatic heterocycles. The number of aldehydes is 1. The van der Waals surface area contributed by atoms with Gasteiger partial charge in [0, 0.05) is 32.4 Å². The summed E-state index contributed by atoms with van der Waals surface area (Å²) >= 11 is 0. The molecule has 0 bridgehead atoms. The molecule has 0 unspecified atom stereocenters. The Hall–Kier alpha value is -1.19. The number of carbonyl (C=O) groups is 3. The number of carbonyl (C=O) groups excluding carboxylic acids is 3. The van der Waals surface area contributed by atoms with E-state index >= 15 is 0 Å². The molecule has 0 aromatic heterocycles. The molecule has 4 heteroatoms. The van der Waals surface area contributed by atoms with Gasteiger partial charge < -0.3 is 9.69 Å². The smallest absolute Gasteiger partial charge is 0.222 e. The molecule has 0 radical (unpaired) electrons. The highest BCUT2D eigenvalue weighted by Crippen LogP contribution is 2.05. The van der Waals surface area contributed by atoms with Crippen molar-refractivity contribution in [2.24, 2.45) is 5.92 Å². The summed E-state index contributed by atoms with van der Waals surface area (Å²) in [5, 5.41) is 0. The van der Waals surface area contributed by atoms with E-state index in [1.807, 2.05) is 41.7 Å². The lowest BCUT2D eigenvalue weighted by molar-refractivity contribution is -0.129. The average molecular weight is 287 g/mol. The highest BCUT2D eigenvalue weighted by molar-refractivity contribution is 5.80. The molecule has 0 atom stereocenters. The maximum Gasteiger partial charge on any atom is 0.222 e. The molecule has 0 aromatic rings. The van der Waals surface area contributed by atoms with Gasteiger partial charge in [-0.25, -0.2) is 0 Å². The van der Waals surface area contributed by atoms with Crippen LogP contribution in [0, 0.1) is 5.92 Å². The van der Waals surface area contributed by atoms with E-state index in [-0.39, 0.29) is 11.8 Å². The molecule has 0 rings (SSSR count). The van der Waals surface area contributed by atoms with Crippen LogP contribution in [0.3, 0.4) is 0 Å². The molecule has 0 fully saturated rings. The van der Waals surface area contributed by atoms with Gasteiger partial charge >= 0.3 is 0 Å². The van der Waals surface area contributed by atoms with Crippen molar-refractivity contribution in [3.8, 4) is 0 Å². The zero-order valence-electron chi connectivity index (χ0n) is 14.4. The molecule has 20 heavy (non-hydrogen) atoms. The van der Waals surface area contributed by atoms with Crippen LogP contribution in [0.5, 0.6) is 0 Å². The summed E-state index contributed by atoms with van der Waals surface area (Å²) in [6, 6.07) is 0. The Morgan fingerprint density at radius 2 is 1.60 bits per heavy atom. The van der Waals surface area contributed by atoms with Crippen LogP contribution in [0.25, 0.3) is 0 Å². The van der Waals surface area contributed by atoms with Gasteiger partial charge in [0.15, 0.2) is 0 Å². The van der Waals surface area contributed by atoms with Gasteiger partial charge in [0.25, 0.3) is 0 Å². The Bertz CT molecular complexity index is 250. The van der Waals surface area contributed by atoms with Crippen molar-refractivity contribution in [3.05, 3.63) is 0 Å². The van der Waals surface area contributed by atoms with Gasteiger partial charge in [-0.15, -0.1) is 0 Å². The molecular weight excluding hydrogens is 254 g/mol. The normalized spacial score (nSPS) is 8.80. The van der Waals surface area contributed by atoms with Crippen molar-refractivity contribution < 1.29 is 14.4 Å². The Balaban J connectivity index is -0.000000505. The number of nitrogens with zero attached hydrogens (tertiary/aromatic N) is 1. The highest BCUT2D eigenvalue weighted by Gasteiger charge is 2.08. The van der Waals surface area contributed by atoms with Gasteiger partial charge in [0.05, 0.1) is 0 Å². The summed E-state index contributed by atoms with van der Waals surface area (Å²) in [5.74, 6) is 0.629. The van der Waals surface area contributed by atoms with Gasteiger partial charge in [-0.2, -0.15) is 0 Å². The molecule has 1 amide bonds. The maximum atomic E-state index is 11.3. The average Bonchev–Trinajstić information content (AvgIpc) is 2.44. The third-order valence-corrected chi connectivity index (χ3v) is 2.54. The number of Topliss-reactive ketones (excluding diaryl/α,β-unsaturated/α-hetero) is 1. The van der Waals surface area contributed by atoms with Crippen LogP contribution in [0.4, 0.5) is 0 Å². The second-order valence-corrected chi connectivity index (χ2v) is 4.48. The Morgan fingerprint density at radius 1 is 1.15 bits per heavy atom. The largest absolute Gasteiger partial charge is 0.346 e. The summed E-state index contributed by atoms with van der Waals surface area (Å²) in [6.07, 6.45) is 3.76. The number of hydrogen-bond donors (Lipinski definition) is 0. The summed E-state index contributed by atoms with van der Waals surface area (Å²) in [4.78, 5) is 33.0. The third kappa shape index (κ3) is 16.8. The Morgan fingerprint density at radius 3 is 1.95 bits per heavy atom. The van der Waals surface area contributed by atoms with Crippen molar-refractivity contribution in [2.75, 3.05) is 13.6 Å². The van der Waals surface area contributed by atoms with Crippen molar-refractivity contribution in [1.29, 1.82) is 0 Å². The monoisotopic (exact) mass is 287 g/mol. The molecule has 0 spiro atoms. The lowest BCUT2D eigenvalue weighted by Crippen LogP contribution is -2.26. The summed E-state index contributed by atoms with van der Waals surface area (Å²) < 4.78 is 0. The lowest BCUT2D eigenvalue weighted by Gasteiger charge is -2.15. The third-order valence-electron chi connectivity index (χ3n) is 2.54. The first-order valence-corrected chi connectivity index (χ1v) is 7.57. The van der Waals surface area contributed by atoms with Crippen LogP contribution in [-0.4, -0.2) is 36.5 Å². The molecule has 0 aliphatic carbocycles. The van der Waals surface area contributed by atoms with Crippen molar-refractivity contribution in [1.82, 2.24) is 4.90 Å². The SMILES string of the molecule is CC.CC=O.CCC(=O)N(C)CCCCC(=O)C(C)C. The van der Waals surface area contributed by atoms with Crippen LogP contribution in [0.1, 0.15) is 67.2 Å². The van der Waals surface area contributed by atoms with Gasteiger partial charge in [0.2, 0.25) is 5.91 Å². The minimum Gasteiger partial charge on any atom is -0.346 e. The summed E-state index contributed by atoms with van der Waals surface area (Å²) in [5.41, 5.74) is 0. The number of rotatable bonds is 7. The second-order valence-electron chi connectivity index (χ2n) is 4.48. The van der Waals surface area contributed by atoms with Crippen molar-refractivity contribution >= 4 is 18.0 Å². The first-order valence-electron chi connectivity index (χ1n) is 7.57. The van der Waals surface area contributed by atoms with Crippen LogP contribution in [0.15, 0.2) is 0 Å². The highest BCUT2D eigenvalue weighted by atomic mass is 16.2.